The number of benzene rings is 2. The molecule has 0 aliphatic carbocycles. The van der Waals surface area contributed by atoms with E-state index in [-0.39, 0.29) is 13.2 Å². The number of carbonyl (C=O) groups is 6. The minimum absolute atomic E-state index is 0.203. The largest absolute Gasteiger partial charge is 0.456 e. The molecule has 3 heterocycles. The number of esters is 2. The standard InChI is InChI=1S/C38H46N2O11/c1-37(2,3)50-35(45)39-15-7-9-29(39)33(43)48-21-31(41)23-11-13-27-25(17-23)19-47-20-26-18-24(12-14-28(26)27)32(42)22-49-34(44)30-10-8-16-40(30)36(46)51-38(4,5)6/h11-14,17-18,29-30H,7-10,15-16,19-22H2,1-6H3/t29-,30+. The zero-order valence-corrected chi connectivity index (χ0v) is 30.1. The third kappa shape index (κ3) is 9.32. The fraction of sp³-hybridized carbons (Fsp3) is 0.526. The Morgan fingerprint density at radius 3 is 1.41 bits per heavy atom. The molecule has 5 rings (SSSR count). The SMILES string of the molecule is CC(C)(C)OC(=O)N1CCC[C@@H]1C(=O)OCC(=O)c1ccc2c(c1)COCc1cc(C(=O)COC(=O)[C@@H]3CCCN3C(=O)OC(C)(C)C)ccc1-2. The molecule has 2 amide bonds. The van der Waals surface area contributed by atoms with Crippen molar-refractivity contribution >= 4 is 35.7 Å². The molecular weight excluding hydrogens is 660 g/mol. The van der Waals surface area contributed by atoms with E-state index in [1.54, 1.807) is 77.9 Å². The van der Waals surface area contributed by atoms with Gasteiger partial charge in [0.2, 0.25) is 0 Å². The molecule has 0 saturated carbocycles. The molecule has 0 aromatic heterocycles. The summed E-state index contributed by atoms with van der Waals surface area (Å²) in [5.74, 6) is -2.11. The molecule has 0 unspecified atom stereocenters. The third-order valence-corrected chi connectivity index (χ3v) is 8.66. The maximum Gasteiger partial charge on any atom is 0.411 e. The lowest BCUT2D eigenvalue weighted by molar-refractivity contribution is -0.148. The van der Waals surface area contributed by atoms with Gasteiger partial charge in [0, 0.05) is 24.2 Å². The van der Waals surface area contributed by atoms with Crippen molar-refractivity contribution in [3.8, 4) is 11.1 Å². The van der Waals surface area contributed by atoms with Crippen LogP contribution in [0.4, 0.5) is 9.59 Å². The molecule has 2 aromatic rings. The first-order chi connectivity index (χ1) is 24.0. The number of rotatable bonds is 8. The van der Waals surface area contributed by atoms with E-state index in [1.165, 1.54) is 9.80 Å². The van der Waals surface area contributed by atoms with E-state index in [1.807, 2.05) is 0 Å². The summed E-state index contributed by atoms with van der Waals surface area (Å²) >= 11 is 0. The van der Waals surface area contributed by atoms with Crippen molar-refractivity contribution in [3.63, 3.8) is 0 Å². The van der Waals surface area contributed by atoms with Gasteiger partial charge < -0.3 is 23.7 Å². The van der Waals surface area contributed by atoms with Crippen molar-refractivity contribution in [2.75, 3.05) is 26.3 Å². The number of ketones is 2. The summed E-state index contributed by atoms with van der Waals surface area (Å²) in [6.45, 7) is 10.7. The second-order valence-corrected chi connectivity index (χ2v) is 15.0. The van der Waals surface area contributed by atoms with Gasteiger partial charge in [-0.05, 0) is 102 Å². The van der Waals surface area contributed by atoms with Gasteiger partial charge in [0.1, 0.15) is 23.3 Å². The molecular formula is C38H46N2O11. The number of likely N-dealkylation sites (tertiary alicyclic amines) is 2. The Labute approximate surface area is 297 Å². The summed E-state index contributed by atoms with van der Waals surface area (Å²) < 4.78 is 27.4. The monoisotopic (exact) mass is 706 g/mol. The summed E-state index contributed by atoms with van der Waals surface area (Å²) in [4.78, 5) is 79.7. The van der Waals surface area contributed by atoms with Crippen molar-refractivity contribution in [2.24, 2.45) is 0 Å². The predicted molar refractivity (Wildman–Crippen MR) is 183 cm³/mol. The average Bonchev–Trinajstić information content (AvgIpc) is 3.72. The smallest absolute Gasteiger partial charge is 0.411 e. The third-order valence-electron chi connectivity index (χ3n) is 8.66. The second-order valence-electron chi connectivity index (χ2n) is 15.0. The van der Waals surface area contributed by atoms with Crippen LogP contribution < -0.4 is 0 Å². The van der Waals surface area contributed by atoms with Crippen LogP contribution in [0.25, 0.3) is 11.1 Å². The van der Waals surface area contributed by atoms with Gasteiger partial charge in [-0.2, -0.15) is 0 Å². The molecule has 51 heavy (non-hydrogen) atoms. The van der Waals surface area contributed by atoms with E-state index in [4.69, 9.17) is 23.7 Å². The van der Waals surface area contributed by atoms with Gasteiger partial charge in [0.15, 0.2) is 24.8 Å². The number of hydrogen-bond acceptors (Lipinski definition) is 11. The van der Waals surface area contributed by atoms with Crippen LogP contribution in [0.1, 0.15) is 99.1 Å². The number of amides is 2. The van der Waals surface area contributed by atoms with Crippen LogP contribution in [0, 0.1) is 0 Å². The Morgan fingerprint density at radius 1 is 0.647 bits per heavy atom. The topological polar surface area (TPSA) is 155 Å². The Morgan fingerprint density at radius 2 is 1.04 bits per heavy atom. The van der Waals surface area contributed by atoms with E-state index in [0.29, 0.717) is 49.9 Å². The molecule has 2 saturated heterocycles. The summed E-state index contributed by atoms with van der Waals surface area (Å²) in [6.07, 6.45) is 0.918. The molecule has 2 fully saturated rings. The summed E-state index contributed by atoms with van der Waals surface area (Å²) in [6, 6.07) is 8.66. The van der Waals surface area contributed by atoms with Gasteiger partial charge in [-0.15, -0.1) is 0 Å². The van der Waals surface area contributed by atoms with Crippen LogP contribution in [-0.2, 0) is 46.5 Å². The first-order valence-electron chi connectivity index (χ1n) is 17.2. The minimum Gasteiger partial charge on any atom is -0.456 e. The van der Waals surface area contributed by atoms with Crippen LogP contribution >= 0.6 is 0 Å². The van der Waals surface area contributed by atoms with Crippen molar-refractivity contribution in [3.05, 3.63) is 58.7 Å². The lowest BCUT2D eigenvalue weighted by Crippen LogP contribution is -2.44. The number of fused-ring (bicyclic) bond motifs is 3. The predicted octanol–water partition coefficient (Wildman–Crippen LogP) is 5.63. The fourth-order valence-electron chi connectivity index (χ4n) is 6.30. The number of hydrogen-bond donors (Lipinski definition) is 0. The molecule has 274 valence electrons. The maximum atomic E-state index is 13.1. The lowest BCUT2D eigenvalue weighted by Gasteiger charge is -2.27. The van der Waals surface area contributed by atoms with Gasteiger partial charge in [0.25, 0.3) is 0 Å². The molecule has 0 bridgehead atoms. The molecule has 3 aliphatic rings. The second kappa shape index (κ2) is 15.2. The van der Waals surface area contributed by atoms with Gasteiger partial charge in [-0.25, -0.2) is 19.2 Å². The lowest BCUT2D eigenvalue weighted by atomic mass is 9.93. The number of Topliss-reactive ketones (excluding diaryl/α,β-unsaturated/α-hetero) is 2. The maximum absolute atomic E-state index is 13.1. The zero-order valence-electron chi connectivity index (χ0n) is 30.1. The molecule has 3 aliphatic heterocycles. The molecule has 2 aromatic carbocycles. The first-order valence-corrected chi connectivity index (χ1v) is 17.2. The van der Waals surface area contributed by atoms with Crippen molar-refractivity contribution in [2.45, 2.75) is 104 Å². The molecule has 13 heteroatoms. The molecule has 0 radical (unpaired) electrons. The summed E-state index contributed by atoms with van der Waals surface area (Å²) in [5.41, 5.74) is 2.40. The molecule has 2 atom stereocenters. The van der Waals surface area contributed by atoms with E-state index in [0.717, 1.165) is 22.3 Å². The summed E-state index contributed by atoms with van der Waals surface area (Å²) in [5, 5.41) is 0. The summed E-state index contributed by atoms with van der Waals surface area (Å²) in [7, 11) is 0. The number of ether oxygens (including phenoxy) is 5. The van der Waals surface area contributed by atoms with Crippen LogP contribution in [-0.4, -0.2) is 95.1 Å². The Kier molecular flexibility index (Phi) is 11.2. The van der Waals surface area contributed by atoms with E-state index >= 15 is 0 Å². The quantitative estimate of drug-likeness (QED) is 0.190. The van der Waals surface area contributed by atoms with Crippen LogP contribution in [0.3, 0.4) is 0 Å². The Bertz CT molecular complexity index is 1580. The normalized spacial score (nSPS) is 18.6. The van der Waals surface area contributed by atoms with Crippen molar-refractivity contribution in [1.29, 1.82) is 0 Å². The molecule has 0 spiro atoms. The van der Waals surface area contributed by atoms with Crippen molar-refractivity contribution < 1.29 is 52.5 Å². The van der Waals surface area contributed by atoms with E-state index in [9.17, 15) is 28.8 Å². The molecule has 13 nitrogen and oxygen atoms in total. The zero-order chi connectivity index (χ0) is 37.1. The molecule has 0 N–H and O–H groups in total. The Hall–Kier alpha value is -4.78. The van der Waals surface area contributed by atoms with E-state index < -0.39 is 72.2 Å². The fourth-order valence-corrected chi connectivity index (χ4v) is 6.30. The number of nitrogens with zero attached hydrogens (tertiary/aromatic N) is 2. The van der Waals surface area contributed by atoms with E-state index in [2.05, 4.69) is 0 Å². The highest BCUT2D eigenvalue weighted by molar-refractivity contribution is 6.00. The van der Waals surface area contributed by atoms with Crippen LogP contribution in [0.2, 0.25) is 0 Å². The van der Waals surface area contributed by atoms with Gasteiger partial charge in [-0.1, -0.05) is 24.3 Å². The van der Waals surface area contributed by atoms with Gasteiger partial charge in [-0.3, -0.25) is 19.4 Å². The highest BCUT2D eigenvalue weighted by Gasteiger charge is 2.39. The average molecular weight is 707 g/mol. The highest BCUT2D eigenvalue weighted by atomic mass is 16.6. The highest BCUT2D eigenvalue weighted by Crippen LogP contribution is 2.33. The van der Waals surface area contributed by atoms with Gasteiger partial charge >= 0.3 is 24.1 Å². The Balaban J connectivity index is 1.19. The van der Waals surface area contributed by atoms with Crippen molar-refractivity contribution in [1.82, 2.24) is 9.80 Å². The first kappa shape index (κ1) is 37.5. The van der Waals surface area contributed by atoms with Crippen LogP contribution in [0.5, 0.6) is 0 Å². The van der Waals surface area contributed by atoms with Gasteiger partial charge in [0.05, 0.1) is 13.2 Å². The number of carbonyl (C=O) groups excluding carboxylic acids is 6. The van der Waals surface area contributed by atoms with Crippen LogP contribution in [0.15, 0.2) is 36.4 Å². The minimum atomic E-state index is -0.810.